The first-order valence-corrected chi connectivity index (χ1v) is 7.68. The van der Waals surface area contributed by atoms with E-state index in [1.54, 1.807) is 0 Å². The maximum absolute atomic E-state index is 12.7. The Labute approximate surface area is 119 Å². The van der Waals surface area contributed by atoms with Gasteiger partial charge >= 0.3 is 0 Å². The van der Waals surface area contributed by atoms with Gasteiger partial charge in [-0.1, -0.05) is 19.9 Å². The highest BCUT2D eigenvalue weighted by Gasteiger charge is 2.27. The van der Waals surface area contributed by atoms with Crippen LogP contribution in [0.25, 0.3) is 0 Å². The van der Waals surface area contributed by atoms with Crippen LogP contribution in [0.15, 0.2) is 18.2 Å². The lowest BCUT2D eigenvalue weighted by Gasteiger charge is -2.35. The first-order valence-electron chi connectivity index (χ1n) is 6.74. The fourth-order valence-corrected chi connectivity index (χ4v) is 3.89. The minimum absolute atomic E-state index is 0.142. The number of benzene rings is 1. The molecule has 3 nitrogen and oxygen atoms in total. The molecule has 0 bridgehead atoms. The maximum Gasteiger partial charge on any atom is 0.256 e. The standard InChI is InChI=1S/C15H22N2OS/c1-10-5-6-13(14(7-10)16-4)15(18)17-8-11(2)19-12(3)9-17/h5-7,11-12,16H,8-9H2,1-4H3. The Morgan fingerprint density at radius 1 is 1.32 bits per heavy atom. The van der Waals surface area contributed by atoms with Crippen LogP contribution in [0.2, 0.25) is 0 Å². The zero-order valence-electron chi connectivity index (χ0n) is 12.1. The molecule has 1 N–H and O–H groups in total. The second-order valence-electron chi connectivity index (χ2n) is 5.27. The van der Waals surface area contributed by atoms with E-state index >= 15 is 0 Å². The van der Waals surface area contributed by atoms with Gasteiger partial charge in [0.2, 0.25) is 0 Å². The Balaban J connectivity index is 2.24. The number of carbonyl (C=O) groups excluding carboxylic acids is 1. The molecular weight excluding hydrogens is 256 g/mol. The van der Waals surface area contributed by atoms with Crippen molar-refractivity contribution >= 4 is 23.4 Å². The first-order chi connectivity index (χ1) is 9.01. The summed E-state index contributed by atoms with van der Waals surface area (Å²) in [7, 11) is 1.86. The fourth-order valence-electron chi connectivity index (χ4n) is 2.57. The molecule has 0 spiro atoms. The van der Waals surface area contributed by atoms with Crippen molar-refractivity contribution < 1.29 is 4.79 Å². The van der Waals surface area contributed by atoms with Gasteiger partial charge in [0.15, 0.2) is 0 Å². The van der Waals surface area contributed by atoms with E-state index in [-0.39, 0.29) is 5.91 Å². The molecule has 1 aliphatic heterocycles. The Kier molecular flexibility index (Phi) is 4.40. The third kappa shape index (κ3) is 3.24. The third-order valence-electron chi connectivity index (χ3n) is 3.38. The average molecular weight is 278 g/mol. The summed E-state index contributed by atoms with van der Waals surface area (Å²) < 4.78 is 0. The van der Waals surface area contributed by atoms with Crippen LogP contribution in [0.1, 0.15) is 29.8 Å². The quantitative estimate of drug-likeness (QED) is 0.902. The van der Waals surface area contributed by atoms with Crippen molar-refractivity contribution in [3.05, 3.63) is 29.3 Å². The van der Waals surface area contributed by atoms with Gasteiger partial charge in [0, 0.05) is 36.3 Å². The Hall–Kier alpha value is -1.16. The van der Waals surface area contributed by atoms with Crippen LogP contribution in [0.4, 0.5) is 5.69 Å². The van der Waals surface area contributed by atoms with Crippen LogP contribution >= 0.6 is 11.8 Å². The van der Waals surface area contributed by atoms with Crippen LogP contribution in [0, 0.1) is 6.92 Å². The molecule has 0 radical (unpaired) electrons. The van der Waals surface area contributed by atoms with E-state index in [1.807, 2.05) is 48.8 Å². The Morgan fingerprint density at radius 2 is 1.95 bits per heavy atom. The molecule has 1 aromatic rings. The summed E-state index contributed by atoms with van der Waals surface area (Å²) in [5, 5.41) is 4.15. The van der Waals surface area contributed by atoms with Gasteiger partial charge in [0.05, 0.1) is 5.56 Å². The Morgan fingerprint density at radius 3 is 2.53 bits per heavy atom. The van der Waals surface area contributed by atoms with E-state index in [1.165, 1.54) is 0 Å². The number of aryl methyl sites for hydroxylation is 1. The van der Waals surface area contributed by atoms with E-state index in [9.17, 15) is 4.79 Å². The summed E-state index contributed by atoms with van der Waals surface area (Å²) in [5.41, 5.74) is 2.86. The number of rotatable bonds is 2. The van der Waals surface area contributed by atoms with Gasteiger partial charge in [-0.3, -0.25) is 4.79 Å². The van der Waals surface area contributed by atoms with Crippen molar-refractivity contribution in [1.29, 1.82) is 0 Å². The van der Waals surface area contributed by atoms with Crippen LogP contribution < -0.4 is 5.32 Å². The molecule has 1 fully saturated rings. The predicted octanol–water partition coefficient (Wildman–Crippen LogP) is 3.00. The summed E-state index contributed by atoms with van der Waals surface area (Å²) in [6.07, 6.45) is 0. The van der Waals surface area contributed by atoms with Gasteiger partial charge in [0.1, 0.15) is 0 Å². The van der Waals surface area contributed by atoms with Crippen LogP contribution in [0.5, 0.6) is 0 Å². The molecule has 1 amide bonds. The molecule has 19 heavy (non-hydrogen) atoms. The number of hydrogen-bond acceptors (Lipinski definition) is 3. The minimum Gasteiger partial charge on any atom is -0.387 e. The minimum atomic E-state index is 0.142. The molecule has 1 aromatic carbocycles. The molecular formula is C15H22N2OS. The summed E-state index contributed by atoms with van der Waals surface area (Å²) in [6, 6.07) is 5.96. The molecule has 104 valence electrons. The van der Waals surface area contributed by atoms with Crippen LogP contribution in [0.3, 0.4) is 0 Å². The highest BCUT2D eigenvalue weighted by molar-refractivity contribution is 8.00. The molecule has 2 atom stereocenters. The third-order valence-corrected chi connectivity index (χ3v) is 4.61. The van der Waals surface area contributed by atoms with Crippen molar-refractivity contribution in [3.63, 3.8) is 0 Å². The second-order valence-corrected chi connectivity index (χ2v) is 7.15. The lowest BCUT2D eigenvalue weighted by Crippen LogP contribution is -2.44. The van der Waals surface area contributed by atoms with Gasteiger partial charge in [-0.2, -0.15) is 11.8 Å². The SMILES string of the molecule is CNc1cc(C)ccc1C(=O)N1CC(C)SC(C)C1. The van der Waals surface area contributed by atoms with Crippen LogP contribution in [-0.2, 0) is 0 Å². The van der Waals surface area contributed by atoms with E-state index in [0.29, 0.717) is 10.5 Å². The van der Waals surface area contributed by atoms with Gasteiger partial charge in [-0.25, -0.2) is 0 Å². The lowest BCUT2D eigenvalue weighted by atomic mass is 10.1. The highest BCUT2D eigenvalue weighted by atomic mass is 32.2. The van der Waals surface area contributed by atoms with Gasteiger partial charge in [-0.05, 0) is 24.6 Å². The Bertz CT molecular complexity index is 465. The molecule has 1 heterocycles. The highest BCUT2D eigenvalue weighted by Crippen LogP contribution is 2.27. The average Bonchev–Trinajstić information content (AvgIpc) is 2.36. The number of carbonyl (C=O) groups is 1. The van der Waals surface area contributed by atoms with Gasteiger partial charge in [-0.15, -0.1) is 0 Å². The predicted molar refractivity (Wildman–Crippen MR) is 83.1 cm³/mol. The van der Waals surface area contributed by atoms with E-state index in [0.717, 1.165) is 29.9 Å². The summed E-state index contributed by atoms with van der Waals surface area (Å²) in [5.74, 6) is 0.142. The van der Waals surface area contributed by atoms with Crippen LogP contribution in [-0.4, -0.2) is 41.4 Å². The van der Waals surface area contributed by atoms with Gasteiger partial charge in [0.25, 0.3) is 5.91 Å². The molecule has 4 heteroatoms. The number of anilines is 1. The normalized spacial score (nSPS) is 23.3. The molecule has 2 rings (SSSR count). The number of nitrogens with one attached hydrogen (secondary N) is 1. The van der Waals surface area contributed by atoms with Gasteiger partial charge < -0.3 is 10.2 Å². The number of thioether (sulfide) groups is 1. The van der Waals surface area contributed by atoms with E-state index in [2.05, 4.69) is 19.2 Å². The summed E-state index contributed by atoms with van der Waals surface area (Å²) >= 11 is 1.96. The van der Waals surface area contributed by atoms with Crippen molar-refractivity contribution in [2.75, 3.05) is 25.5 Å². The van der Waals surface area contributed by atoms with Crippen molar-refractivity contribution in [3.8, 4) is 0 Å². The molecule has 0 aliphatic carbocycles. The zero-order valence-corrected chi connectivity index (χ0v) is 12.9. The fraction of sp³-hybridized carbons (Fsp3) is 0.533. The first kappa shape index (κ1) is 14.3. The number of hydrogen-bond donors (Lipinski definition) is 1. The van der Waals surface area contributed by atoms with Crippen molar-refractivity contribution in [2.45, 2.75) is 31.3 Å². The number of amides is 1. The summed E-state index contributed by atoms with van der Waals surface area (Å²) in [6.45, 7) is 8.09. The number of nitrogens with zero attached hydrogens (tertiary/aromatic N) is 1. The van der Waals surface area contributed by atoms with E-state index < -0.39 is 0 Å². The smallest absolute Gasteiger partial charge is 0.256 e. The van der Waals surface area contributed by atoms with E-state index in [4.69, 9.17) is 0 Å². The summed E-state index contributed by atoms with van der Waals surface area (Å²) in [4.78, 5) is 14.6. The molecule has 0 saturated carbocycles. The molecule has 2 unspecified atom stereocenters. The monoisotopic (exact) mass is 278 g/mol. The topological polar surface area (TPSA) is 32.3 Å². The maximum atomic E-state index is 12.7. The van der Waals surface area contributed by atoms with Crippen molar-refractivity contribution in [1.82, 2.24) is 4.90 Å². The molecule has 1 saturated heterocycles. The second kappa shape index (κ2) is 5.87. The molecule has 1 aliphatic rings. The van der Waals surface area contributed by atoms with Crippen molar-refractivity contribution in [2.24, 2.45) is 0 Å². The lowest BCUT2D eigenvalue weighted by molar-refractivity contribution is 0.0754. The largest absolute Gasteiger partial charge is 0.387 e. The molecule has 0 aromatic heterocycles. The zero-order chi connectivity index (χ0) is 14.0.